The van der Waals surface area contributed by atoms with Crippen LogP contribution in [0.25, 0.3) is 0 Å². The summed E-state index contributed by atoms with van der Waals surface area (Å²) in [6.45, 7) is 3.74. The molecule has 2 fully saturated rings. The van der Waals surface area contributed by atoms with E-state index < -0.39 is 23.2 Å². The average Bonchev–Trinajstić information content (AvgIpc) is 2.84. The van der Waals surface area contributed by atoms with Gasteiger partial charge in [0, 0.05) is 56.9 Å². The number of alkyl halides is 2. The Kier molecular flexibility index (Phi) is 10.2. The highest BCUT2D eigenvalue weighted by atomic mass is 19.3. The molecule has 1 aliphatic carbocycles. The molecule has 1 saturated carbocycles. The van der Waals surface area contributed by atoms with Gasteiger partial charge in [-0.3, -0.25) is 9.69 Å². The molecule has 0 aromatic heterocycles. The molecular formula is C27H41F4N3O2. The van der Waals surface area contributed by atoms with Crippen molar-refractivity contribution in [1.29, 1.82) is 0 Å². The molecule has 2 aliphatic rings. The first-order chi connectivity index (χ1) is 17.1. The molecule has 2 unspecified atom stereocenters. The van der Waals surface area contributed by atoms with Crippen molar-refractivity contribution in [2.24, 2.45) is 11.8 Å². The number of hydrogen-bond acceptors (Lipinski definition) is 4. The maximum atomic E-state index is 14.9. The Balaban J connectivity index is 1.78. The number of likely N-dealkylation sites (N-methyl/N-ethyl adjacent to an activating group) is 1. The molecule has 0 bridgehead atoms. The summed E-state index contributed by atoms with van der Waals surface area (Å²) in [5.41, 5.74) is -1.64. The number of likely N-dealkylation sites (tertiary alicyclic amines) is 1. The van der Waals surface area contributed by atoms with Crippen molar-refractivity contribution < 1.29 is 27.5 Å². The fourth-order valence-electron chi connectivity index (χ4n) is 6.06. The lowest BCUT2D eigenvalue weighted by atomic mass is 9.73. The van der Waals surface area contributed by atoms with Gasteiger partial charge in [-0.25, -0.2) is 17.6 Å². The Morgan fingerprint density at radius 3 is 2.64 bits per heavy atom. The largest absolute Gasteiger partial charge is 0.385 e. The summed E-state index contributed by atoms with van der Waals surface area (Å²) < 4.78 is 56.5. The highest BCUT2D eigenvalue weighted by Gasteiger charge is 2.44. The van der Waals surface area contributed by atoms with Crippen LogP contribution < -0.4 is 10.6 Å². The smallest absolute Gasteiger partial charge is 0.248 e. The number of hydrogen-bond donors (Lipinski definition) is 3. The van der Waals surface area contributed by atoms with Crippen LogP contribution in [0.1, 0.15) is 70.3 Å². The van der Waals surface area contributed by atoms with Crippen LogP contribution in [-0.4, -0.2) is 61.1 Å². The van der Waals surface area contributed by atoms with Gasteiger partial charge in [-0.15, -0.1) is 0 Å². The second-order valence-electron chi connectivity index (χ2n) is 10.7. The number of carbonyl (C=O) groups excluding carboxylic acids is 1. The third kappa shape index (κ3) is 7.42. The SMILES string of the molecule is CNCC(CC1CCC(F)(F)CC1)N1CCCC([C@@](O)(CCCNC(C)=O)c2cccc(F)c2F)C1. The Morgan fingerprint density at radius 2 is 1.97 bits per heavy atom. The Bertz CT molecular complexity index is 861. The third-order valence-corrected chi connectivity index (χ3v) is 8.05. The monoisotopic (exact) mass is 515 g/mol. The number of amides is 1. The van der Waals surface area contributed by atoms with Crippen LogP contribution >= 0.6 is 0 Å². The van der Waals surface area contributed by atoms with E-state index in [-0.39, 0.29) is 48.6 Å². The average molecular weight is 516 g/mol. The molecule has 1 aromatic rings. The van der Waals surface area contributed by atoms with Gasteiger partial charge < -0.3 is 15.7 Å². The van der Waals surface area contributed by atoms with Gasteiger partial charge in [-0.1, -0.05) is 12.1 Å². The molecule has 3 N–H and O–H groups in total. The van der Waals surface area contributed by atoms with Gasteiger partial charge in [-0.2, -0.15) is 0 Å². The summed E-state index contributed by atoms with van der Waals surface area (Å²) in [7, 11) is 1.87. The third-order valence-electron chi connectivity index (χ3n) is 8.05. The van der Waals surface area contributed by atoms with E-state index in [1.165, 1.54) is 19.1 Å². The zero-order chi connectivity index (χ0) is 26.3. The first-order valence-corrected chi connectivity index (χ1v) is 13.2. The maximum Gasteiger partial charge on any atom is 0.248 e. The molecule has 36 heavy (non-hydrogen) atoms. The second-order valence-corrected chi connectivity index (χ2v) is 10.7. The number of benzene rings is 1. The molecule has 1 amide bonds. The minimum atomic E-state index is -2.56. The van der Waals surface area contributed by atoms with Crippen LogP contribution in [0.5, 0.6) is 0 Å². The molecule has 0 spiro atoms. The lowest BCUT2D eigenvalue weighted by Gasteiger charge is -2.46. The van der Waals surface area contributed by atoms with Gasteiger partial charge in [0.25, 0.3) is 0 Å². The predicted molar refractivity (Wildman–Crippen MR) is 132 cm³/mol. The van der Waals surface area contributed by atoms with Crippen molar-refractivity contribution in [2.75, 3.05) is 33.2 Å². The maximum absolute atomic E-state index is 14.9. The van der Waals surface area contributed by atoms with Crippen LogP contribution in [0.4, 0.5) is 17.6 Å². The molecular weight excluding hydrogens is 474 g/mol. The van der Waals surface area contributed by atoms with Crippen LogP contribution in [0.2, 0.25) is 0 Å². The minimum Gasteiger partial charge on any atom is -0.385 e. The van der Waals surface area contributed by atoms with Crippen molar-refractivity contribution in [3.8, 4) is 0 Å². The summed E-state index contributed by atoms with van der Waals surface area (Å²) in [5, 5.41) is 17.9. The van der Waals surface area contributed by atoms with Gasteiger partial charge >= 0.3 is 0 Å². The van der Waals surface area contributed by atoms with E-state index in [4.69, 9.17) is 0 Å². The molecule has 1 saturated heterocycles. The van der Waals surface area contributed by atoms with Crippen LogP contribution in [0.3, 0.4) is 0 Å². The number of piperidine rings is 1. The van der Waals surface area contributed by atoms with E-state index in [1.807, 2.05) is 7.05 Å². The molecule has 1 heterocycles. The Morgan fingerprint density at radius 1 is 1.25 bits per heavy atom. The zero-order valence-electron chi connectivity index (χ0n) is 21.5. The summed E-state index contributed by atoms with van der Waals surface area (Å²) in [5.74, 6) is -4.90. The highest BCUT2D eigenvalue weighted by molar-refractivity contribution is 5.72. The van der Waals surface area contributed by atoms with E-state index in [2.05, 4.69) is 15.5 Å². The molecule has 1 aliphatic heterocycles. The first-order valence-electron chi connectivity index (χ1n) is 13.2. The van der Waals surface area contributed by atoms with Crippen LogP contribution in [0, 0.1) is 23.5 Å². The summed E-state index contributed by atoms with van der Waals surface area (Å²) in [6.07, 6.45) is 3.71. The second kappa shape index (κ2) is 12.7. The van der Waals surface area contributed by atoms with Gasteiger partial charge in [0.15, 0.2) is 11.6 Å². The molecule has 204 valence electrons. The van der Waals surface area contributed by atoms with Crippen molar-refractivity contribution in [3.05, 3.63) is 35.4 Å². The normalized spacial score (nSPS) is 23.7. The Hall–Kier alpha value is -1.71. The molecule has 0 radical (unpaired) electrons. The van der Waals surface area contributed by atoms with E-state index >= 15 is 0 Å². The van der Waals surface area contributed by atoms with Gasteiger partial charge in [0.2, 0.25) is 11.8 Å². The van der Waals surface area contributed by atoms with E-state index in [0.29, 0.717) is 45.3 Å². The zero-order valence-corrected chi connectivity index (χ0v) is 21.5. The summed E-state index contributed by atoms with van der Waals surface area (Å²) in [4.78, 5) is 13.6. The van der Waals surface area contributed by atoms with Gasteiger partial charge in [0.05, 0.1) is 5.60 Å². The fraction of sp³-hybridized carbons (Fsp3) is 0.741. The number of nitrogens with zero attached hydrogens (tertiary/aromatic N) is 1. The quantitative estimate of drug-likeness (QED) is 0.298. The van der Waals surface area contributed by atoms with E-state index in [0.717, 1.165) is 25.5 Å². The Labute approximate surface area is 212 Å². The number of aliphatic hydroxyl groups is 1. The molecule has 1 aromatic carbocycles. The van der Waals surface area contributed by atoms with Crippen molar-refractivity contribution in [3.63, 3.8) is 0 Å². The number of carbonyl (C=O) groups is 1. The predicted octanol–water partition coefficient (Wildman–Crippen LogP) is 4.58. The highest BCUT2D eigenvalue weighted by Crippen LogP contribution is 2.42. The summed E-state index contributed by atoms with van der Waals surface area (Å²) in [6, 6.07) is 4.01. The van der Waals surface area contributed by atoms with Crippen LogP contribution in [0.15, 0.2) is 18.2 Å². The number of halogens is 4. The summed E-state index contributed by atoms with van der Waals surface area (Å²) >= 11 is 0. The van der Waals surface area contributed by atoms with Gasteiger partial charge in [0.1, 0.15) is 0 Å². The molecule has 5 nitrogen and oxygen atoms in total. The number of rotatable bonds is 11. The molecule has 3 atom stereocenters. The molecule has 9 heteroatoms. The van der Waals surface area contributed by atoms with E-state index in [1.54, 1.807) is 0 Å². The van der Waals surface area contributed by atoms with Crippen molar-refractivity contribution in [1.82, 2.24) is 15.5 Å². The van der Waals surface area contributed by atoms with Crippen LogP contribution in [-0.2, 0) is 10.4 Å². The lowest BCUT2D eigenvalue weighted by molar-refractivity contribution is -0.119. The van der Waals surface area contributed by atoms with Crippen molar-refractivity contribution >= 4 is 5.91 Å². The molecule has 3 rings (SSSR count). The standard InChI is InChI=1S/C27H41F4N3O2/c1-19(35)33-14-5-11-27(36,23-7-3-8-24(28)25(23)29)21-6-4-15-34(18-21)22(17-32-2)16-20-9-12-26(30,31)13-10-20/h3,7-8,20-22,32,36H,4-6,9-18H2,1-2H3,(H,33,35)/t21?,22?,27-/m0/s1. The number of nitrogens with one attached hydrogen (secondary N) is 2. The van der Waals surface area contributed by atoms with Crippen molar-refractivity contribution in [2.45, 2.75) is 82.3 Å². The topological polar surface area (TPSA) is 64.6 Å². The first kappa shape index (κ1) is 28.9. The van der Waals surface area contributed by atoms with E-state index in [9.17, 15) is 27.5 Å². The lowest BCUT2D eigenvalue weighted by Crippen LogP contribution is -2.52. The fourth-order valence-corrected chi connectivity index (χ4v) is 6.06. The van der Waals surface area contributed by atoms with Gasteiger partial charge in [-0.05, 0) is 70.5 Å². The minimum absolute atomic E-state index is 0.0446.